The molecule has 1 fully saturated rings. The molecule has 0 aromatic heterocycles. The van der Waals surface area contributed by atoms with E-state index in [1.165, 1.54) is 30.3 Å². The van der Waals surface area contributed by atoms with Crippen LogP contribution in [0.25, 0.3) is 0 Å². The fourth-order valence-electron chi connectivity index (χ4n) is 3.33. The molecule has 1 unspecified atom stereocenters. The van der Waals surface area contributed by atoms with Gasteiger partial charge in [0, 0.05) is 23.9 Å². The number of non-ortho nitro benzene ring substituents is 1. The highest BCUT2D eigenvalue weighted by Crippen LogP contribution is 2.26. The van der Waals surface area contributed by atoms with Crippen LogP contribution in [0.15, 0.2) is 78.9 Å². The van der Waals surface area contributed by atoms with Crippen LogP contribution in [0.5, 0.6) is 5.75 Å². The highest BCUT2D eigenvalue weighted by atomic mass is 16.6. The van der Waals surface area contributed by atoms with Crippen molar-refractivity contribution < 1.29 is 24.0 Å². The molecule has 3 aromatic carbocycles. The average Bonchev–Trinajstić information content (AvgIpc) is 3.07. The fourth-order valence-corrected chi connectivity index (χ4v) is 3.33. The number of rotatable bonds is 6. The van der Waals surface area contributed by atoms with Gasteiger partial charge in [0.25, 0.3) is 11.6 Å². The molecule has 32 heavy (non-hydrogen) atoms. The second-order valence-electron chi connectivity index (χ2n) is 7.03. The normalized spacial score (nSPS) is 15.5. The Bertz CT molecular complexity index is 1190. The van der Waals surface area contributed by atoms with Crippen LogP contribution in [0, 0.1) is 10.1 Å². The monoisotopic (exact) mass is 431 g/mol. The van der Waals surface area contributed by atoms with Gasteiger partial charge in [-0.2, -0.15) is 0 Å². The molecule has 0 aliphatic carbocycles. The first-order valence-electron chi connectivity index (χ1n) is 9.67. The van der Waals surface area contributed by atoms with Crippen molar-refractivity contribution in [3.05, 3.63) is 94.5 Å². The molecule has 0 spiro atoms. The number of para-hydroxylation sites is 1. The molecule has 0 saturated carbocycles. The van der Waals surface area contributed by atoms with E-state index in [9.17, 15) is 24.5 Å². The number of carbonyl (C=O) groups excluding carboxylic acids is 3. The van der Waals surface area contributed by atoms with E-state index in [1.807, 2.05) is 0 Å². The summed E-state index contributed by atoms with van der Waals surface area (Å²) in [7, 11) is 0. The Morgan fingerprint density at radius 2 is 1.72 bits per heavy atom. The maximum Gasteiger partial charge on any atom is 0.343 e. The molecule has 1 aliphatic heterocycles. The summed E-state index contributed by atoms with van der Waals surface area (Å²) in [6, 6.07) is 19.4. The summed E-state index contributed by atoms with van der Waals surface area (Å²) in [6.07, 6.45) is 0.000534. The second kappa shape index (κ2) is 8.68. The number of carbonyl (C=O) groups is 3. The SMILES string of the molecule is O=C(Oc1cccc(NC2CC(=O)N(c3ccccc3)C2=O)c1)c1ccc([N+](=O)[O-])cc1. The third-order valence-electron chi connectivity index (χ3n) is 4.86. The molecule has 9 heteroatoms. The van der Waals surface area contributed by atoms with Crippen molar-refractivity contribution in [2.24, 2.45) is 0 Å². The minimum Gasteiger partial charge on any atom is -0.423 e. The molecule has 0 bridgehead atoms. The molecular formula is C23H17N3O6. The first-order valence-corrected chi connectivity index (χ1v) is 9.67. The van der Waals surface area contributed by atoms with Crippen LogP contribution in [-0.2, 0) is 9.59 Å². The molecule has 4 rings (SSSR count). The van der Waals surface area contributed by atoms with Gasteiger partial charge in [-0.1, -0.05) is 24.3 Å². The lowest BCUT2D eigenvalue weighted by molar-refractivity contribution is -0.384. The summed E-state index contributed by atoms with van der Waals surface area (Å²) in [5.41, 5.74) is 1.04. The van der Waals surface area contributed by atoms with Crippen molar-refractivity contribution >= 4 is 34.8 Å². The summed E-state index contributed by atoms with van der Waals surface area (Å²) >= 11 is 0. The highest BCUT2D eigenvalue weighted by molar-refractivity contribution is 6.23. The van der Waals surface area contributed by atoms with Crippen molar-refractivity contribution in [3.8, 4) is 5.75 Å². The number of nitrogens with zero attached hydrogens (tertiary/aromatic N) is 2. The lowest BCUT2D eigenvalue weighted by Gasteiger charge is -2.16. The largest absolute Gasteiger partial charge is 0.423 e. The zero-order chi connectivity index (χ0) is 22.7. The predicted octanol–water partition coefficient (Wildman–Crippen LogP) is 3.56. The molecular weight excluding hydrogens is 414 g/mol. The lowest BCUT2D eigenvalue weighted by atomic mass is 10.2. The number of hydrogen-bond donors (Lipinski definition) is 1. The molecule has 1 heterocycles. The van der Waals surface area contributed by atoms with Crippen LogP contribution in [0.4, 0.5) is 17.1 Å². The Labute approximate surface area is 182 Å². The number of imide groups is 1. The molecule has 1 saturated heterocycles. The first kappa shape index (κ1) is 20.7. The third kappa shape index (κ3) is 4.31. The zero-order valence-corrected chi connectivity index (χ0v) is 16.6. The maximum atomic E-state index is 12.8. The number of benzene rings is 3. The van der Waals surface area contributed by atoms with E-state index >= 15 is 0 Å². The number of nitro benzene ring substituents is 1. The van der Waals surface area contributed by atoms with E-state index in [4.69, 9.17) is 4.74 Å². The van der Waals surface area contributed by atoms with Crippen LogP contribution in [-0.4, -0.2) is 28.7 Å². The molecule has 1 N–H and O–H groups in total. The smallest absolute Gasteiger partial charge is 0.343 e. The Kier molecular flexibility index (Phi) is 5.63. The van der Waals surface area contributed by atoms with E-state index in [1.54, 1.807) is 48.5 Å². The van der Waals surface area contributed by atoms with E-state index in [2.05, 4.69) is 5.32 Å². The summed E-state index contributed by atoms with van der Waals surface area (Å²) in [6.45, 7) is 0. The number of nitrogens with one attached hydrogen (secondary N) is 1. The lowest BCUT2D eigenvalue weighted by Crippen LogP contribution is -2.34. The maximum absolute atomic E-state index is 12.8. The van der Waals surface area contributed by atoms with Gasteiger partial charge in [0.1, 0.15) is 11.8 Å². The Hall–Kier alpha value is -4.53. The number of nitro groups is 1. The Balaban J connectivity index is 1.44. The van der Waals surface area contributed by atoms with E-state index in [0.717, 1.165) is 4.90 Å². The predicted molar refractivity (Wildman–Crippen MR) is 115 cm³/mol. The number of anilines is 2. The van der Waals surface area contributed by atoms with Gasteiger partial charge in [0.2, 0.25) is 5.91 Å². The third-order valence-corrected chi connectivity index (χ3v) is 4.86. The molecule has 160 valence electrons. The zero-order valence-electron chi connectivity index (χ0n) is 16.6. The quantitative estimate of drug-likeness (QED) is 0.208. The molecule has 2 amide bonds. The van der Waals surface area contributed by atoms with Crippen LogP contribution < -0.4 is 15.0 Å². The van der Waals surface area contributed by atoms with E-state index in [0.29, 0.717) is 11.4 Å². The summed E-state index contributed by atoms with van der Waals surface area (Å²) in [5, 5.41) is 13.7. The van der Waals surface area contributed by atoms with Crippen molar-refractivity contribution in [1.29, 1.82) is 0 Å². The van der Waals surface area contributed by atoms with Crippen molar-refractivity contribution in [1.82, 2.24) is 0 Å². The summed E-state index contributed by atoms with van der Waals surface area (Å²) < 4.78 is 5.33. The Morgan fingerprint density at radius 3 is 2.41 bits per heavy atom. The molecule has 9 nitrogen and oxygen atoms in total. The van der Waals surface area contributed by atoms with Gasteiger partial charge in [-0.3, -0.25) is 19.7 Å². The fraction of sp³-hybridized carbons (Fsp3) is 0.0870. The van der Waals surface area contributed by atoms with Gasteiger partial charge >= 0.3 is 5.97 Å². The number of hydrogen-bond acceptors (Lipinski definition) is 7. The van der Waals surface area contributed by atoms with Crippen LogP contribution in [0.3, 0.4) is 0 Å². The molecule has 1 aliphatic rings. The van der Waals surface area contributed by atoms with Gasteiger partial charge in [-0.15, -0.1) is 0 Å². The number of esters is 1. The van der Waals surface area contributed by atoms with Gasteiger partial charge in [0.05, 0.1) is 22.6 Å². The van der Waals surface area contributed by atoms with Gasteiger partial charge in [0.15, 0.2) is 0 Å². The number of amides is 2. The molecule has 0 radical (unpaired) electrons. The molecule has 3 aromatic rings. The minimum atomic E-state index is -0.747. The van der Waals surface area contributed by atoms with Gasteiger partial charge in [-0.25, -0.2) is 9.69 Å². The van der Waals surface area contributed by atoms with Crippen molar-refractivity contribution in [2.75, 3.05) is 10.2 Å². The van der Waals surface area contributed by atoms with Crippen molar-refractivity contribution in [3.63, 3.8) is 0 Å². The topological polar surface area (TPSA) is 119 Å². The van der Waals surface area contributed by atoms with Crippen LogP contribution >= 0.6 is 0 Å². The number of ether oxygens (including phenoxy) is 1. The van der Waals surface area contributed by atoms with E-state index < -0.39 is 16.9 Å². The average molecular weight is 431 g/mol. The first-order chi connectivity index (χ1) is 15.4. The summed E-state index contributed by atoms with van der Waals surface area (Å²) in [4.78, 5) is 48.8. The Morgan fingerprint density at radius 1 is 1.00 bits per heavy atom. The standard InChI is InChI=1S/C23H17N3O6/c27-21-14-20(22(28)25(21)17-6-2-1-3-7-17)24-16-5-4-8-19(13-16)32-23(29)15-9-11-18(12-10-15)26(30)31/h1-13,20,24H,14H2. The van der Waals surface area contributed by atoms with Gasteiger partial charge in [-0.05, 0) is 36.4 Å². The summed E-state index contributed by atoms with van der Waals surface area (Å²) in [5.74, 6) is -1.14. The highest BCUT2D eigenvalue weighted by Gasteiger charge is 2.39. The van der Waals surface area contributed by atoms with Crippen molar-refractivity contribution in [2.45, 2.75) is 12.5 Å². The van der Waals surface area contributed by atoms with Crippen LogP contribution in [0.1, 0.15) is 16.8 Å². The van der Waals surface area contributed by atoms with E-state index in [-0.39, 0.29) is 35.2 Å². The minimum absolute atomic E-state index is 0.000534. The van der Waals surface area contributed by atoms with Gasteiger partial charge < -0.3 is 10.1 Å². The molecule has 1 atom stereocenters. The second-order valence-corrected chi connectivity index (χ2v) is 7.03. The van der Waals surface area contributed by atoms with Crippen LogP contribution in [0.2, 0.25) is 0 Å².